The lowest BCUT2D eigenvalue weighted by Crippen LogP contribution is -2.68. The minimum Gasteiger partial charge on any atom is -0.507 e. The third-order valence-electron chi connectivity index (χ3n) is 18.1. The summed E-state index contributed by atoms with van der Waals surface area (Å²) in [7, 11) is 1.41. The van der Waals surface area contributed by atoms with E-state index >= 15 is 0 Å². The Bertz CT molecular complexity index is 2760. The van der Waals surface area contributed by atoms with Crippen molar-refractivity contribution in [3.8, 4) is 22.6 Å². The highest BCUT2D eigenvalue weighted by Crippen LogP contribution is 2.42. The van der Waals surface area contributed by atoms with Crippen molar-refractivity contribution in [2.75, 3.05) is 51.6 Å². The van der Waals surface area contributed by atoms with Crippen LogP contribution in [0.5, 0.6) is 11.5 Å². The first-order valence-electron chi connectivity index (χ1n) is 30.4. The molecule has 2 aromatic rings. The van der Waals surface area contributed by atoms with E-state index in [1.807, 2.05) is 0 Å². The fourth-order valence-corrected chi connectivity index (χ4v) is 15.0. The van der Waals surface area contributed by atoms with Gasteiger partial charge in [0, 0.05) is 34.1 Å². The summed E-state index contributed by atoms with van der Waals surface area (Å²) in [6.45, 7) is -5.15. The van der Waals surface area contributed by atoms with Crippen molar-refractivity contribution in [3.63, 3.8) is 0 Å². The summed E-state index contributed by atoms with van der Waals surface area (Å²) < 4.78 is 89.7. The molecule has 0 aliphatic carbocycles. The van der Waals surface area contributed by atoms with Gasteiger partial charge in [-0.1, -0.05) is 24.3 Å². The quantitative estimate of drug-likeness (QED) is 0.128. The van der Waals surface area contributed by atoms with Crippen LogP contribution >= 0.6 is 23.5 Å². The van der Waals surface area contributed by atoms with Crippen LogP contribution in [0, 0.1) is 0 Å². The van der Waals surface area contributed by atoms with Crippen LogP contribution in [0.1, 0.15) is 11.1 Å². The van der Waals surface area contributed by atoms with E-state index in [0.29, 0.717) is 28.0 Å². The molecule has 0 spiro atoms. The Balaban J connectivity index is 0.988. The lowest BCUT2D eigenvalue weighted by atomic mass is 9.95. The maximum Gasteiger partial charge on any atom is 0.187 e. The molecular formula is C57H82O35S2. The zero-order valence-corrected chi connectivity index (χ0v) is 51.6. The predicted molar refractivity (Wildman–Crippen MR) is 307 cm³/mol. The lowest BCUT2D eigenvalue weighted by molar-refractivity contribution is -0.395. The zero-order valence-electron chi connectivity index (χ0n) is 49.9. The van der Waals surface area contributed by atoms with Crippen LogP contribution in [0.3, 0.4) is 0 Å². The van der Waals surface area contributed by atoms with Crippen LogP contribution in [0.25, 0.3) is 11.1 Å². The summed E-state index contributed by atoms with van der Waals surface area (Å²) in [6, 6.07) is 9.91. The smallest absolute Gasteiger partial charge is 0.187 e. The molecule has 16 saturated heterocycles. The van der Waals surface area contributed by atoms with Gasteiger partial charge >= 0.3 is 0 Å². The van der Waals surface area contributed by atoms with E-state index in [1.165, 1.54) is 13.2 Å². The molecule has 2 aromatic carbocycles. The minimum atomic E-state index is -2.21. The van der Waals surface area contributed by atoms with Crippen LogP contribution in [0.4, 0.5) is 0 Å². The number of aliphatic hydroxyl groups excluding tert-OH is 19. The molecule has 94 heavy (non-hydrogen) atoms. The zero-order chi connectivity index (χ0) is 67.3. The second-order valence-electron chi connectivity index (χ2n) is 24.2. The minimum absolute atomic E-state index is 0.102. The summed E-state index contributed by atoms with van der Waals surface area (Å²) in [4.78, 5) is 0. The summed E-state index contributed by atoms with van der Waals surface area (Å²) >= 11 is 2.28. The lowest BCUT2D eigenvalue weighted by Gasteiger charge is -2.50. The van der Waals surface area contributed by atoms with E-state index in [-0.39, 0.29) is 28.8 Å². The highest BCUT2D eigenvalue weighted by molar-refractivity contribution is 7.98. The van der Waals surface area contributed by atoms with Crippen molar-refractivity contribution in [2.45, 2.75) is 226 Å². The molecule has 20 N–H and O–H groups in total. The Morgan fingerprint density at radius 1 is 0.330 bits per heavy atom. The maximum absolute atomic E-state index is 12.0. The average molecular weight is 1390 g/mol. The number of aliphatic hydroxyl groups is 19. The number of phenols is 1. The Morgan fingerprint density at radius 2 is 0.585 bits per heavy atom. The van der Waals surface area contributed by atoms with Crippen molar-refractivity contribution in [3.05, 3.63) is 47.5 Å². The SMILES string of the molecule is COc1cc2ccc1-c1ccc(cc1O)CSC[C@H]1O[C@@H]3O[C@H]4C(O)C(O)[C@H](O[C@@H]4CO)O[C@H]4C(O)C(O)[C@H](O[C@@H]4CO)O[C@H]4C(O)C(O)[C@@H](O[C@@H]5[C@@H](CO)O[C@H](O[C@H]6C(O)C(O)[C@H](O[C@@H]6CO)O[C@H]6C(O)C(O)[C@H](O[C@@H]6CO)O[C@H]1C(O)C3O)C(O)[C@@H]5O)O[C@@H]4CSC2. The second kappa shape index (κ2) is 31.1. The van der Waals surface area contributed by atoms with E-state index in [2.05, 4.69) is 0 Å². The van der Waals surface area contributed by atoms with Crippen molar-refractivity contribution in [2.24, 2.45) is 0 Å². The van der Waals surface area contributed by atoms with Crippen molar-refractivity contribution >= 4 is 23.5 Å². The normalized spacial score (nSPS) is 48.4. The number of benzene rings is 2. The summed E-state index contributed by atoms with van der Waals surface area (Å²) in [5.41, 5.74) is 1.97. The van der Waals surface area contributed by atoms with Crippen molar-refractivity contribution in [1.29, 1.82) is 0 Å². The molecule has 34 aliphatic rings. The van der Waals surface area contributed by atoms with Gasteiger partial charge in [0.25, 0.3) is 0 Å². The number of phenolic OH excluding ortho intramolecular Hbond substituents is 1. The van der Waals surface area contributed by atoms with Gasteiger partial charge < -0.3 is 173 Å². The number of hydrogen-bond donors (Lipinski definition) is 20. The summed E-state index contributed by atoms with van der Waals surface area (Å²) in [5, 5.41) is 229. The first-order chi connectivity index (χ1) is 45.0. The summed E-state index contributed by atoms with van der Waals surface area (Å²) in [6.07, 6.45) is -69.0. The number of thioether (sulfide) groups is 2. The standard InChI is InChI=1S/C57H82O35S2/c1-78-22-7-18-3-5-20(22)19-4-2-17(6-21(19)63)13-93-15-28-49-35(69)42(76)56(84-28)89-47-26(11-61)81-53(39(73)32(47)66)88-46-25(10-60)83-55(41(75)34(46)68)92-50-29(16-94-14-18)85-57(43(77)36(50)70)90-48-27(12-62)80-52(38(72)31(48)65)86-44-23(8-58)79-51(37(71)30(44)64)87-45-24(9-59)82-54(91-49)40(74)33(45)67/h2-7,23-77H,8-16H2,1H3/t23-,24-,25-,26-,27-,28-,29-,30?,31+,32?,33?,34?,35?,36?,37?,38?,39?,40?,41?,42?,43?,44-,45-,46-,47-,48-,49-,50-,51-,52-,53-,54-,55-,56-,57-/m1/s1. The molecule has 0 radical (unpaired) electrons. The molecule has 34 heterocycles. The van der Waals surface area contributed by atoms with E-state index in [1.54, 1.807) is 30.3 Å². The number of ether oxygens (including phenoxy) is 15. The highest BCUT2D eigenvalue weighted by atomic mass is 32.2. The molecule has 36 rings (SSSR count). The molecule has 532 valence electrons. The maximum atomic E-state index is 12.0. The first kappa shape index (κ1) is 72.7. The van der Waals surface area contributed by atoms with Crippen LogP contribution in [0.15, 0.2) is 36.4 Å². The topological polar surface area (TPSA) is 543 Å². The fourth-order valence-electron chi connectivity index (χ4n) is 12.9. The van der Waals surface area contributed by atoms with Gasteiger partial charge in [0.2, 0.25) is 0 Å². The third kappa shape index (κ3) is 14.5. The second-order valence-corrected chi connectivity index (χ2v) is 26.3. The molecule has 20 bridgehead atoms. The molecular weight excluding hydrogens is 1310 g/mol. The van der Waals surface area contributed by atoms with Crippen LogP contribution < -0.4 is 4.74 Å². The van der Waals surface area contributed by atoms with E-state index in [0.717, 1.165) is 23.5 Å². The molecule has 0 amide bonds. The molecule has 16 fully saturated rings. The van der Waals surface area contributed by atoms with Crippen molar-refractivity contribution < 1.29 is 173 Å². The number of methoxy groups -OCH3 is 1. The Kier molecular flexibility index (Phi) is 24.1. The number of aromatic hydroxyl groups is 1. The largest absolute Gasteiger partial charge is 0.507 e. The van der Waals surface area contributed by atoms with E-state index in [4.69, 9.17) is 71.1 Å². The van der Waals surface area contributed by atoms with Crippen LogP contribution in [-0.4, -0.2) is 369 Å². The fraction of sp³-hybridized carbons (Fsp3) is 0.789. The van der Waals surface area contributed by atoms with Gasteiger partial charge in [0.05, 0.1) is 52.4 Å². The molecule has 35 nitrogen and oxygen atoms in total. The van der Waals surface area contributed by atoms with E-state index in [9.17, 15) is 102 Å². The van der Waals surface area contributed by atoms with Gasteiger partial charge in [0.1, 0.15) is 170 Å². The van der Waals surface area contributed by atoms with Crippen molar-refractivity contribution in [1.82, 2.24) is 0 Å². The van der Waals surface area contributed by atoms with Crippen LogP contribution in [0.2, 0.25) is 0 Å². The van der Waals surface area contributed by atoms with Gasteiger partial charge in [-0.2, -0.15) is 23.5 Å². The molecule has 0 aromatic heterocycles. The van der Waals surface area contributed by atoms with E-state index < -0.39 is 248 Å². The van der Waals surface area contributed by atoms with Gasteiger partial charge in [-0.05, 0) is 23.3 Å². The Labute approximate surface area is 543 Å². The molecule has 37 heteroatoms. The Hall–Kier alpha value is -2.58. The van der Waals surface area contributed by atoms with Gasteiger partial charge in [0.15, 0.2) is 44.0 Å². The van der Waals surface area contributed by atoms with Gasteiger partial charge in [-0.3, -0.25) is 0 Å². The molecule has 35 atom stereocenters. The third-order valence-corrected chi connectivity index (χ3v) is 20.3. The number of rotatable bonds is 6. The molecule has 13 unspecified atom stereocenters. The first-order valence-corrected chi connectivity index (χ1v) is 32.7. The van der Waals surface area contributed by atoms with Gasteiger partial charge in [-0.25, -0.2) is 0 Å². The van der Waals surface area contributed by atoms with Gasteiger partial charge in [-0.15, -0.1) is 0 Å². The molecule has 34 aliphatic heterocycles. The summed E-state index contributed by atoms with van der Waals surface area (Å²) in [5.74, 6) is -0.00572. The monoisotopic (exact) mass is 1390 g/mol. The van der Waals surface area contributed by atoms with Crippen LogP contribution in [-0.2, 0) is 77.8 Å². The predicted octanol–water partition coefficient (Wildman–Crippen LogP) is -9.65. The Morgan fingerprint density at radius 3 is 0.862 bits per heavy atom. The number of hydrogen-bond acceptors (Lipinski definition) is 37. The average Bonchev–Trinajstić information content (AvgIpc) is 0.785. The molecule has 0 saturated carbocycles. The highest BCUT2D eigenvalue weighted by Gasteiger charge is 2.60.